The van der Waals surface area contributed by atoms with Crippen LogP contribution in [0.15, 0.2) is 18.2 Å². The Morgan fingerprint density at radius 3 is 2.40 bits per heavy atom. The lowest BCUT2D eigenvalue weighted by Gasteiger charge is -2.10. The Balaban J connectivity index is 3.03. The molecule has 0 atom stereocenters. The molecule has 0 saturated carbocycles. The molecule has 6 heteroatoms. The number of nitrogens with one attached hydrogen (secondary N) is 1. The summed E-state index contributed by atoms with van der Waals surface area (Å²) < 4.78 is 36.8. The molecule has 82 valence electrons. The molecule has 1 aromatic rings. The third-order valence-corrected chi connectivity index (χ3v) is 1.81. The first kappa shape index (κ1) is 11.4. The van der Waals surface area contributed by atoms with Gasteiger partial charge in [0, 0.05) is 5.69 Å². The Morgan fingerprint density at radius 1 is 1.40 bits per heavy atom. The van der Waals surface area contributed by atoms with Crippen LogP contribution < -0.4 is 11.1 Å². The molecule has 1 rings (SSSR count). The maximum atomic E-state index is 12.3. The highest BCUT2D eigenvalue weighted by atomic mass is 19.4. The minimum atomic E-state index is -4.38. The van der Waals surface area contributed by atoms with Gasteiger partial charge in [-0.05, 0) is 30.7 Å². The molecule has 15 heavy (non-hydrogen) atoms. The van der Waals surface area contributed by atoms with Gasteiger partial charge in [-0.25, -0.2) is 4.79 Å². The van der Waals surface area contributed by atoms with Gasteiger partial charge in [-0.1, -0.05) is 0 Å². The van der Waals surface area contributed by atoms with Crippen LogP contribution in [0.25, 0.3) is 0 Å². The van der Waals surface area contributed by atoms with Crippen molar-refractivity contribution in [3.63, 3.8) is 0 Å². The standard InChI is InChI=1S/C9H9F3N2O/c1-5-4-6(9(10,11)12)2-3-7(5)14-8(13)15/h2-4H,1H3,(H3,13,14,15). The number of benzene rings is 1. The van der Waals surface area contributed by atoms with Crippen LogP contribution in [0.3, 0.4) is 0 Å². The van der Waals surface area contributed by atoms with E-state index >= 15 is 0 Å². The molecule has 0 aliphatic carbocycles. The second-order valence-electron chi connectivity index (χ2n) is 3.02. The van der Waals surface area contributed by atoms with Crippen molar-refractivity contribution >= 4 is 11.7 Å². The third kappa shape index (κ3) is 2.87. The molecule has 2 amide bonds. The SMILES string of the molecule is Cc1cc(C(F)(F)F)ccc1NC(N)=O. The summed E-state index contributed by atoms with van der Waals surface area (Å²) in [5.41, 5.74) is 4.67. The van der Waals surface area contributed by atoms with Crippen LogP contribution in [-0.4, -0.2) is 6.03 Å². The normalized spacial score (nSPS) is 11.2. The van der Waals surface area contributed by atoms with Crippen LogP contribution in [0.5, 0.6) is 0 Å². The molecule has 0 unspecified atom stereocenters. The molecule has 0 saturated heterocycles. The Hall–Kier alpha value is -1.72. The van der Waals surface area contributed by atoms with Gasteiger partial charge < -0.3 is 11.1 Å². The topological polar surface area (TPSA) is 55.1 Å². The summed E-state index contributed by atoms with van der Waals surface area (Å²) in [6.45, 7) is 1.46. The van der Waals surface area contributed by atoms with Gasteiger partial charge in [0.2, 0.25) is 0 Å². The van der Waals surface area contributed by atoms with Crippen molar-refractivity contribution in [1.29, 1.82) is 0 Å². The van der Waals surface area contributed by atoms with E-state index in [2.05, 4.69) is 5.32 Å². The number of hydrogen-bond acceptors (Lipinski definition) is 1. The average molecular weight is 218 g/mol. The zero-order chi connectivity index (χ0) is 11.6. The average Bonchev–Trinajstić information content (AvgIpc) is 2.05. The van der Waals surface area contributed by atoms with Gasteiger partial charge in [0.15, 0.2) is 0 Å². The Kier molecular flexibility index (Phi) is 2.88. The molecule has 0 aliphatic heterocycles. The smallest absolute Gasteiger partial charge is 0.351 e. The number of carbonyl (C=O) groups is 1. The first-order valence-electron chi connectivity index (χ1n) is 4.05. The summed E-state index contributed by atoms with van der Waals surface area (Å²) >= 11 is 0. The van der Waals surface area contributed by atoms with Crippen molar-refractivity contribution in [2.24, 2.45) is 5.73 Å². The summed E-state index contributed by atoms with van der Waals surface area (Å²) in [7, 11) is 0. The quantitative estimate of drug-likeness (QED) is 0.747. The van der Waals surface area contributed by atoms with Crippen molar-refractivity contribution in [3.8, 4) is 0 Å². The van der Waals surface area contributed by atoms with Crippen LogP contribution in [0.4, 0.5) is 23.7 Å². The number of hydrogen-bond donors (Lipinski definition) is 2. The highest BCUT2D eigenvalue weighted by Gasteiger charge is 2.30. The summed E-state index contributed by atoms with van der Waals surface area (Å²) in [6.07, 6.45) is -4.38. The maximum Gasteiger partial charge on any atom is 0.416 e. The fourth-order valence-corrected chi connectivity index (χ4v) is 1.11. The highest BCUT2D eigenvalue weighted by Crippen LogP contribution is 2.31. The van der Waals surface area contributed by atoms with Crippen molar-refractivity contribution < 1.29 is 18.0 Å². The number of primary amides is 1. The molecular weight excluding hydrogens is 209 g/mol. The number of alkyl halides is 3. The van der Waals surface area contributed by atoms with Gasteiger partial charge in [-0.3, -0.25) is 0 Å². The Morgan fingerprint density at radius 2 is 2.00 bits per heavy atom. The van der Waals surface area contributed by atoms with E-state index < -0.39 is 17.8 Å². The first-order chi connectivity index (χ1) is 6.80. The van der Waals surface area contributed by atoms with E-state index in [0.29, 0.717) is 5.56 Å². The number of rotatable bonds is 1. The van der Waals surface area contributed by atoms with Gasteiger partial charge in [-0.2, -0.15) is 13.2 Å². The summed E-state index contributed by atoms with van der Waals surface area (Å²) in [5.74, 6) is 0. The maximum absolute atomic E-state index is 12.3. The number of halogens is 3. The first-order valence-corrected chi connectivity index (χ1v) is 4.05. The number of anilines is 1. The molecule has 0 aliphatic rings. The highest BCUT2D eigenvalue weighted by molar-refractivity contribution is 5.88. The molecule has 1 aromatic carbocycles. The lowest BCUT2D eigenvalue weighted by atomic mass is 10.1. The zero-order valence-electron chi connectivity index (χ0n) is 7.85. The fourth-order valence-electron chi connectivity index (χ4n) is 1.11. The van der Waals surface area contributed by atoms with Gasteiger partial charge in [0.25, 0.3) is 0 Å². The second kappa shape index (κ2) is 3.80. The van der Waals surface area contributed by atoms with E-state index in [1.54, 1.807) is 0 Å². The fraction of sp³-hybridized carbons (Fsp3) is 0.222. The minimum Gasteiger partial charge on any atom is -0.351 e. The van der Waals surface area contributed by atoms with Gasteiger partial charge in [0.1, 0.15) is 0 Å². The lowest BCUT2D eigenvalue weighted by Crippen LogP contribution is -2.20. The van der Waals surface area contributed by atoms with Crippen LogP contribution >= 0.6 is 0 Å². The molecule has 0 heterocycles. The summed E-state index contributed by atoms with van der Waals surface area (Å²) in [6, 6.07) is 2.20. The number of aryl methyl sites for hydroxylation is 1. The van der Waals surface area contributed by atoms with Crippen LogP contribution in [0, 0.1) is 6.92 Å². The van der Waals surface area contributed by atoms with E-state index in [1.165, 1.54) is 13.0 Å². The lowest BCUT2D eigenvalue weighted by molar-refractivity contribution is -0.137. The van der Waals surface area contributed by atoms with Gasteiger partial charge >= 0.3 is 12.2 Å². The predicted octanol–water partition coefficient (Wildman–Crippen LogP) is 2.50. The monoisotopic (exact) mass is 218 g/mol. The number of carbonyl (C=O) groups excluding carboxylic acids is 1. The van der Waals surface area contributed by atoms with Gasteiger partial charge in [0.05, 0.1) is 5.56 Å². The number of nitrogens with two attached hydrogens (primary N) is 1. The summed E-state index contributed by atoms with van der Waals surface area (Å²) in [4.78, 5) is 10.5. The number of urea groups is 1. The second-order valence-corrected chi connectivity index (χ2v) is 3.02. The molecular formula is C9H9F3N2O. The van der Waals surface area contributed by atoms with E-state index in [4.69, 9.17) is 5.73 Å². The van der Waals surface area contributed by atoms with Gasteiger partial charge in [-0.15, -0.1) is 0 Å². The molecule has 0 bridgehead atoms. The van der Waals surface area contributed by atoms with E-state index in [-0.39, 0.29) is 5.69 Å². The van der Waals surface area contributed by atoms with Crippen molar-refractivity contribution in [2.45, 2.75) is 13.1 Å². The van der Waals surface area contributed by atoms with E-state index in [9.17, 15) is 18.0 Å². The van der Waals surface area contributed by atoms with E-state index in [0.717, 1.165) is 12.1 Å². The molecule has 0 aromatic heterocycles. The largest absolute Gasteiger partial charge is 0.416 e. The third-order valence-electron chi connectivity index (χ3n) is 1.81. The van der Waals surface area contributed by atoms with Crippen LogP contribution in [0.2, 0.25) is 0 Å². The van der Waals surface area contributed by atoms with Crippen LogP contribution in [0.1, 0.15) is 11.1 Å². The molecule has 0 radical (unpaired) electrons. The summed E-state index contributed by atoms with van der Waals surface area (Å²) in [5, 5.41) is 2.22. The molecule has 3 N–H and O–H groups in total. The predicted molar refractivity (Wildman–Crippen MR) is 49.4 cm³/mol. The molecule has 3 nitrogen and oxygen atoms in total. The number of amides is 2. The van der Waals surface area contributed by atoms with Crippen molar-refractivity contribution in [3.05, 3.63) is 29.3 Å². The zero-order valence-corrected chi connectivity index (χ0v) is 7.85. The van der Waals surface area contributed by atoms with Crippen LogP contribution in [-0.2, 0) is 6.18 Å². The Bertz CT molecular complexity index is 387. The van der Waals surface area contributed by atoms with E-state index in [1.807, 2.05) is 0 Å². The van der Waals surface area contributed by atoms with Crippen molar-refractivity contribution in [2.75, 3.05) is 5.32 Å². The van der Waals surface area contributed by atoms with Crippen molar-refractivity contribution in [1.82, 2.24) is 0 Å². The molecule has 0 spiro atoms. The molecule has 0 fully saturated rings. The minimum absolute atomic E-state index is 0.274. The Labute approximate surface area is 84.1 Å².